The van der Waals surface area contributed by atoms with Crippen molar-refractivity contribution in [3.8, 4) is 17.2 Å². The molecule has 0 spiro atoms. The topological polar surface area (TPSA) is 85.3 Å². The average molecular weight is 564 g/mol. The number of methoxy groups -OCH3 is 1. The first-order valence-corrected chi connectivity index (χ1v) is 12.2. The molecule has 0 radical (unpaired) electrons. The van der Waals surface area contributed by atoms with Gasteiger partial charge in [-0.3, -0.25) is 9.59 Å². The van der Waals surface area contributed by atoms with Crippen LogP contribution in [0.5, 0.6) is 17.2 Å². The fourth-order valence-corrected chi connectivity index (χ4v) is 4.70. The van der Waals surface area contributed by atoms with E-state index in [0.29, 0.717) is 11.3 Å². The van der Waals surface area contributed by atoms with Gasteiger partial charge in [-0.25, -0.2) is 0 Å². The number of fused-ring (bicyclic) bond motifs is 1. The number of benzene rings is 3. The first-order valence-electron chi connectivity index (χ1n) is 11.8. The van der Waals surface area contributed by atoms with Gasteiger partial charge in [0.15, 0.2) is 12.2 Å². The summed E-state index contributed by atoms with van der Waals surface area (Å²) in [7, 11) is 2.72. The Kier molecular flexibility index (Phi) is 7.81. The van der Waals surface area contributed by atoms with Crippen LogP contribution in [0.3, 0.4) is 0 Å². The highest BCUT2D eigenvalue weighted by Crippen LogP contribution is 2.51. The molecule has 1 aliphatic rings. The minimum absolute atomic E-state index is 0.0377. The molecule has 3 aromatic rings. The summed E-state index contributed by atoms with van der Waals surface area (Å²) in [5.74, 6) is -1.44. The van der Waals surface area contributed by atoms with Crippen molar-refractivity contribution in [2.45, 2.75) is 31.0 Å². The van der Waals surface area contributed by atoms with Gasteiger partial charge in [-0.05, 0) is 53.1 Å². The Morgan fingerprint density at radius 2 is 1.77 bits per heavy atom. The van der Waals surface area contributed by atoms with E-state index in [1.165, 1.54) is 50.2 Å². The molecule has 39 heavy (non-hydrogen) atoms. The molecule has 4 rings (SSSR count). The number of amides is 1. The number of hydrogen-bond acceptors (Lipinski definition) is 6. The molecular weight excluding hydrogens is 539 g/mol. The van der Waals surface area contributed by atoms with Crippen LogP contribution in [-0.2, 0) is 26.3 Å². The smallest absolute Gasteiger partial charge is 0.422 e. The lowest BCUT2D eigenvalue weighted by Crippen LogP contribution is -2.47. The number of anilines is 1. The third-order valence-electron chi connectivity index (χ3n) is 6.72. The fourth-order valence-electron chi connectivity index (χ4n) is 4.37. The quantitative estimate of drug-likeness (QED) is 0.368. The summed E-state index contributed by atoms with van der Waals surface area (Å²) in [6.45, 7) is 0.991. The Balaban J connectivity index is 1.62. The number of nitrogens with zero attached hydrogens (tertiary/aromatic N) is 1. The summed E-state index contributed by atoms with van der Waals surface area (Å²) < 4.78 is 59.2. The molecule has 1 aliphatic heterocycles. The summed E-state index contributed by atoms with van der Waals surface area (Å²) >= 11 is 6.41. The SMILES string of the molecule is COC(=O)Cc1ccc(Oc2ccc(C(C)C(O)(c3ccc4c(c3)N(C)C(=O)CO4)C(F)(F)F)c(Cl)c2)cc1. The van der Waals surface area contributed by atoms with Gasteiger partial charge in [0.1, 0.15) is 17.2 Å². The molecule has 0 fully saturated rings. The van der Waals surface area contributed by atoms with Crippen LogP contribution in [0, 0.1) is 0 Å². The highest BCUT2D eigenvalue weighted by atomic mass is 35.5. The van der Waals surface area contributed by atoms with E-state index in [1.807, 2.05) is 0 Å². The van der Waals surface area contributed by atoms with Crippen LogP contribution < -0.4 is 14.4 Å². The largest absolute Gasteiger partial charge is 0.482 e. The molecule has 7 nitrogen and oxygen atoms in total. The van der Waals surface area contributed by atoms with E-state index in [-0.39, 0.29) is 46.8 Å². The molecule has 3 aromatic carbocycles. The minimum atomic E-state index is -5.09. The Morgan fingerprint density at radius 1 is 1.10 bits per heavy atom. The van der Waals surface area contributed by atoms with Gasteiger partial charge in [0.25, 0.3) is 5.91 Å². The first kappa shape index (κ1) is 28.3. The molecule has 0 aromatic heterocycles. The van der Waals surface area contributed by atoms with Crippen molar-refractivity contribution in [1.29, 1.82) is 0 Å². The lowest BCUT2D eigenvalue weighted by atomic mass is 9.77. The second kappa shape index (κ2) is 10.8. The van der Waals surface area contributed by atoms with Crippen LogP contribution in [0.2, 0.25) is 5.02 Å². The maximum atomic E-state index is 14.5. The van der Waals surface area contributed by atoms with Gasteiger partial charge in [-0.15, -0.1) is 0 Å². The van der Waals surface area contributed by atoms with E-state index in [2.05, 4.69) is 4.74 Å². The van der Waals surface area contributed by atoms with Crippen molar-refractivity contribution < 1.29 is 42.1 Å². The van der Waals surface area contributed by atoms with Crippen molar-refractivity contribution in [2.75, 3.05) is 25.7 Å². The lowest BCUT2D eigenvalue weighted by molar-refractivity contribution is -0.274. The predicted octanol–water partition coefficient (Wildman–Crippen LogP) is 5.76. The summed E-state index contributed by atoms with van der Waals surface area (Å²) in [4.78, 5) is 24.6. The Hall–Kier alpha value is -3.76. The number of ether oxygens (including phenoxy) is 3. The van der Waals surface area contributed by atoms with Crippen LogP contribution in [0.25, 0.3) is 0 Å². The molecule has 2 atom stereocenters. The molecule has 0 bridgehead atoms. The second-order valence-corrected chi connectivity index (χ2v) is 9.50. The zero-order valence-corrected chi connectivity index (χ0v) is 22.0. The number of likely N-dealkylation sites (N-methyl/N-ethyl adjacent to an activating group) is 1. The van der Waals surface area contributed by atoms with E-state index >= 15 is 0 Å². The first-order chi connectivity index (χ1) is 18.3. The van der Waals surface area contributed by atoms with Gasteiger partial charge in [0, 0.05) is 18.0 Å². The highest BCUT2D eigenvalue weighted by molar-refractivity contribution is 6.31. The van der Waals surface area contributed by atoms with Crippen LogP contribution >= 0.6 is 11.6 Å². The second-order valence-electron chi connectivity index (χ2n) is 9.09. The third-order valence-corrected chi connectivity index (χ3v) is 7.05. The van der Waals surface area contributed by atoms with Gasteiger partial charge >= 0.3 is 12.1 Å². The Morgan fingerprint density at radius 3 is 2.38 bits per heavy atom. The van der Waals surface area contributed by atoms with Crippen molar-refractivity contribution in [2.24, 2.45) is 0 Å². The van der Waals surface area contributed by atoms with E-state index in [1.54, 1.807) is 24.3 Å². The van der Waals surface area contributed by atoms with Gasteiger partial charge in [-0.2, -0.15) is 13.2 Å². The number of alkyl halides is 3. The molecular formula is C28H25ClF3NO6. The van der Waals surface area contributed by atoms with Gasteiger partial charge in [-0.1, -0.05) is 42.8 Å². The maximum absolute atomic E-state index is 14.5. The summed E-state index contributed by atoms with van der Waals surface area (Å²) in [5.41, 5.74) is -2.94. The standard InChI is InChI=1S/C28H25ClF3NO6/c1-16(27(36,28(30,31)32)18-6-11-24-23(13-18)33(2)25(34)15-38-24)21-10-9-20(14-22(21)29)39-19-7-4-17(5-8-19)12-26(35)37-3/h4-11,13-14,16,36H,12,15H2,1-3H3. The number of halogens is 4. The highest BCUT2D eigenvalue weighted by Gasteiger charge is 2.59. The van der Waals surface area contributed by atoms with E-state index < -0.39 is 29.2 Å². The molecule has 1 amide bonds. The van der Waals surface area contributed by atoms with Crippen LogP contribution in [0.15, 0.2) is 60.7 Å². The molecule has 11 heteroatoms. The zero-order valence-electron chi connectivity index (χ0n) is 21.2. The third kappa shape index (κ3) is 5.53. The zero-order chi connectivity index (χ0) is 28.5. The number of esters is 1. The fraction of sp³-hybridized carbons (Fsp3) is 0.286. The van der Waals surface area contributed by atoms with Crippen molar-refractivity contribution in [3.05, 3.63) is 82.4 Å². The minimum Gasteiger partial charge on any atom is -0.482 e. The van der Waals surface area contributed by atoms with Crippen LogP contribution in [0.4, 0.5) is 18.9 Å². The number of carbonyl (C=O) groups is 2. The molecule has 0 aliphatic carbocycles. The lowest BCUT2D eigenvalue weighted by Gasteiger charge is -2.38. The Labute approximate surface area is 227 Å². The molecule has 0 saturated carbocycles. The number of aliphatic hydroxyl groups is 1. The van der Waals surface area contributed by atoms with Crippen molar-refractivity contribution >= 4 is 29.2 Å². The average Bonchev–Trinajstić information content (AvgIpc) is 2.90. The Bertz CT molecular complexity index is 1400. The van der Waals surface area contributed by atoms with Crippen molar-refractivity contribution in [1.82, 2.24) is 0 Å². The van der Waals surface area contributed by atoms with Gasteiger partial charge < -0.3 is 24.2 Å². The monoisotopic (exact) mass is 563 g/mol. The maximum Gasteiger partial charge on any atom is 0.422 e. The van der Waals surface area contributed by atoms with E-state index in [0.717, 1.165) is 12.1 Å². The number of carbonyl (C=O) groups excluding carboxylic acids is 2. The van der Waals surface area contributed by atoms with Crippen LogP contribution in [-0.4, -0.2) is 43.9 Å². The number of rotatable bonds is 7. The summed E-state index contributed by atoms with van der Waals surface area (Å²) in [5, 5.41) is 11.2. The normalized spacial score (nSPS) is 15.6. The molecule has 2 unspecified atom stereocenters. The summed E-state index contributed by atoms with van der Waals surface area (Å²) in [6.07, 6.45) is -5.00. The van der Waals surface area contributed by atoms with E-state index in [9.17, 15) is 27.9 Å². The summed E-state index contributed by atoms with van der Waals surface area (Å²) in [6, 6.07) is 14.3. The van der Waals surface area contributed by atoms with E-state index in [4.69, 9.17) is 21.1 Å². The molecule has 1 heterocycles. The predicted molar refractivity (Wildman–Crippen MR) is 137 cm³/mol. The molecule has 206 valence electrons. The van der Waals surface area contributed by atoms with Gasteiger partial charge in [0.2, 0.25) is 0 Å². The molecule has 1 N–H and O–H groups in total. The number of hydrogen-bond donors (Lipinski definition) is 1. The van der Waals surface area contributed by atoms with Crippen molar-refractivity contribution in [3.63, 3.8) is 0 Å². The van der Waals surface area contributed by atoms with Gasteiger partial charge in [0.05, 0.1) is 19.2 Å². The van der Waals surface area contributed by atoms with Crippen LogP contribution in [0.1, 0.15) is 29.5 Å². The molecule has 0 saturated heterocycles.